The van der Waals surface area contributed by atoms with Crippen LogP contribution in [0.1, 0.15) is 0 Å². The fourth-order valence-electron chi connectivity index (χ4n) is 2.83. The number of hydrogen-bond donors (Lipinski definition) is 0. The second-order valence-corrected chi connectivity index (χ2v) is 8.03. The van der Waals surface area contributed by atoms with E-state index in [1.165, 1.54) is 34.6 Å². The summed E-state index contributed by atoms with van der Waals surface area (Å²) in [5, 5.41) is 11.0. The molecule has 0 spiro atoms. The van der Waals surface area contributed by atoms with Gasteiger partial charge < -0.3 is 4.90 Å². The van der Waals surface area contributed by atoms with Crippen molar-refractivity contribution in [2.24, 2.45) is 0 Å². The van der Waals surface area contributed by atoms with Crippen molar-refractivity contribution in [3.05, 3.63) is 63.4 Å². The molecule has 0 saturated carbocycles. The number of nitrogens with zero attached hydrogens (tertiary/aromatic N) is 3. The Morgan fingerprint density at radius 3 is 2.31 bits per heavy atom. The van der Waals surface area contributed by atoms with Gasteiger partial charge in [-0.3, -0.25) is 10.1 Å². The smallest absolute Gasteiger partial charge is 0.271 e. The summed E-state index contributed by atoms with van der Waals surface area (Å²) in [6, 6.07) is 9.42. The van der Waals surface area contributed by atoms with Gasteiger partial charge in [-0.1, -0.05) is 23.7 Å². The molecule has 7 nitrogen and oxygen atoms in total. The first-order valence-electron chi connectivity index (χ1n) is 7.74. The number of anilines is 1. The Labute approximate surface area is 154 Å². The molecule has 2 aromatic rings. The van der Waals surface area contributed by atoms with E-state index in [1.54, 1.807) is 6.07 Å². The lowest BCUT2D eigenvalue weighted by molar-refractivity contribution is -0.384. The zero-order valence-electron chi connectivity index (χ0n) is 13.5. The Hall–Kier alpha value is -2.23. The highest BCUT2D eigenvalue weighted by atomic mass is 35.5. The summed E-state index contributed by atoms with van der Waals surface area (Å²) in [7, 11) is -3.92. The molecule has 0 aliphatic carbocycles. The number of rotatable bonds is 4. The van der Waals surface area contributed by atoms with Crippen molar-refractivity contribution in [1.82, 2.24) is 4.31 Å². The van der Waals surface area contributed by atoms with E-state index in [9.17, 15) is 22.9 Å². The third kappa shape index (κ3) is 3.50. The number of halogens is 2. The summed E-state index contributed by atoms with van der Waals surface area (Å²) in [6.45, 7) is 0.990. The molecule has 1 aliphatic heterocycles. The molecular formula is C16H15ClFN3O4S. The summed E-state index contributed by atoms with van der Waals surface area (Å²) in [5.74, 6) is -0.784. The Morgan fingerprint density at radius 1 is 1.08 bits per heavy atom. The van der Waals surface area contributed by atoms with Crippen LogP contribution in [-0.4, -0.2) is 43.8 Å². The number of piperazine rings is 1. The van der Waals surface area contributed by atoms with Gasteiger partial charge in [-0.05, 0) is 18.2 Å². The van der Waals surface area contributed by atoms with Gasteiger partial charge in [0.25, 0.3) is 5.69 Å². The first-order chi connectivity index (χ1) is 12.3. The number of sulfonamides is 1. The second kappa shape index (κ2) is 7.18. The van der Waals surface area contributed by atoms with E-state index in [2.05, 4.69) is 0 Å². The van der Waals surface area contributed by atoms with Crippen molar-refractivity contribution in [3.63, 3.8) is 0 Å². The number of nitro benzene ring substituents is 1. The molecule has 0 unspecified atom stereocenters. The van der Waals surface area contributed by atoms with E-state index < -0.39 is 20.8 Å². The molecule has 10 heteroatoms. The van der Waals surface area contributed by atoms with Gasteiger partial charge in [-0.25, -0.2) is 12.8 Å². The fourth-order valence-corrected chi connectivity index (χ4v) is 4.61. The van der Waals surface area contributed by atoms with Crippen LogP contribution in [-0.2, 0) is 10.0 Å². The van der Waals surface area contributed by atoms with Crippen molar-refractivity contribution in [2.75, 3.05) is 31.1 Å². The minimum Gasteiger partial charge on any atom is -0.368 e. The van der Waals surface area contributed by atoms with E-state index in [0.717, 1.165) is 6.07 Å². The van der Waals surface area contributed by atoms with E-state index in [4.69, 9.17) is 11.6 Å². The molecule has 0 radical (unpaired) electrons. The predicted octanol–water partition coefficient (Wildman–Crippen LogP) is 2.90. The topological polar surface area (TPSA) is 83.8 Å². The summed E-state index contributed by atoms with van der Waals surface area (Å²) in [5.41, 5.74) is 0.486. The minimum absolute atomic E-state index is 0.112. The van der Waals surface area contributed by atoms with Crippen LogP contribution in [0.2, 0.25) is 5.02 Å². The maximum absolute atomic E-state index is 13.8. The van der Waals surface area contributed by atoms with Crippen molar-refractivity contribution in [1.29, 1.82) is 0 Å². The quantitative estimate of drug-likeness (QED) is 0.583. The Kier molecular flexibility index (Phi) is 5.12. The molecular weight excluding hydrogens is 385 g/mol. The SMILES string of the molecule is O=[N+]([O-])c1ccc(N2CCN(S(=O)(=O)c3ccccc3F)CC2)c(Cl)c1. The first kappa shape index (κ1) is 18.6. The van der Waals surface area contributed by atoms with Gasteiger partial charge in [0.2, 0.25) is 10.0 Å². The van der Waals surface area contributed by atoms with E-state index >= 15 is 0 Å². The fraction of sp³-hybridized carbons (Fsp3) is 0.250. The van der Waals surface area contributed by atoms with Crippen LogP contribution >= 0.6 is 11.6 Å². The molecule has 3 rings (SSSR count). The van der Waals surface area contributed by atoms with Crippen molar-refractivity contribution in [2.45, 2.75) is 4.90 Å². The normalized spacial score (nSPS) is 15.8. The second-order valence-electron chi connectivity index (χ2n) is 5.71. The zero-order chi connectivity index (χ0) is 18.9. The highest BCUT2D eigenvalue weighted by Gasteiger charge is 2.31. The van der Waals surface area contributed by atoms with Crippen LogP contribution in [0.15, 0.2) is 47.4 Å². The molecule has 0 N–H and O–H groups in total. The maximum atomic E-state index is 13.8. The van der Waals surface area contributed by atoms with Crippen LogP contribution < -0.4 is 4.90 Å². The molecule has 0 aromatic heterocycles. The van der Waals surface area contributed by atoms with Crippen molar-refractivity contribution in [3.8, 4) is 0 Å². The van der Waals surface area contributed by atoms with Crippen LogP contribution in [0.5, 0.6) is 0 Å². The Balaban J connectivity index is 1.75. The van der Waals surface area contributed by atoms with E-state index in [1.807, 2.05) is 4.90 Å². The van der Waals surface area contributed by atoms with Crippen LogP contribution in [0.4, 0.5) is 15.8 Å². The molecule has 0 atom stereocenters. The molecule has 1 heterocycles. The molecule has 2 aromatic carbocycles. The van der Waals surface area contributed by atoms with E-state index in [0.29, 0.717) is 18.8 Å². The molecule has 1 fully saturated rings. The first-order valence-corrected chi connectivity index (χ1v) is 9.56. The standard InChI is InChI=1S/C16H15ClFN3O4S/c17-13-11-12(21(22)23)5-6-15(13)19-7-9-20(10-8-19)26(24,25)16-4-2-1-3-14(16)18/h1-6,11H,7-10H2. The van der Waals surface area contributed by atoms with Crippen LogP contribution in [0, 0.1) is 15.9 Å². The number of hydrogen-bond acceptors (Lipinski definition) is 5. The van der Waals surface area contributed by atoms with Crippen molar-refractivity contribution < 1.29 is 17.7 Å². The molecule has 138 valence electrons. The maximum Gasteiger partial charge on any atom is 0.271 e. The third-order valence-corrected chi connectivity index (χ3v) is 6.41. The minimum atomic E-state index is -3.92. The molecule has 0 amide bonds. The lowest BCUT2D eigenvalue weighted by Crippen LogP contribution is -2.48. The van der Waals surface area contributed by atoms with Gasteiger partial charge in [-0.15, -0.1) is 0 Å². The van der Waals surface area contributed by atoms with Gasteiger partial charge in [0.05, 0.1) is 15.6 Å². The van der Waals surface area contributed by atoms with Gasteiger partial charge in [0, 0.05) is 38.3 Å². The zero-order valence-corrected chi connectivity index (χ0v) is 15.1. The lowest BCUT2D eigenvalue weighted by Gasteiger charge is -2.35. The molecule has 1 aliphatic rings. The Bertz CT molecular complexity index is 946. The summed E-state index contributed by atoms with van der Waals surface area (Å²) in [4.78, 5) is 11.8. The summed E-state index contributed by atoms with van der Waals surface area (Å²) < 4.78 is 40.3. The average molecular weight is 400 g/mol. The van der Waals surface area contributed by atoms with Gasteiger partial charge in [-0.2, -0.15) is 4.31 Å². The highest BCUT2D eigenvalue weighted by molar-refractivity contribution is 7.89. The number of non-ortho nitro benzene ring substituents is 1. The van der Waals surface area contributed by atoms with Crippen LogP contribution in [0.25, 0.3) is 0 Å². The van der Waals surface area contributed by atoms with Crippen LogP contribution in [0.3, 0.4) is 0 Å². The van der Waals surface area contributed by atoms with Gasteiger partial charge in [0.15, 0.2) is 0 Å². The molecule has 0 bridgehead atoms. The number of nitro groups is 1. The largest absolute Gasteiger partial charge is 0.368 e. The van der Waals surface area contributed by atoms with Gasteiger partial charge >= 0.3 is 0 Å². The average Bonchev–Trinajstić information content (AvgIpc) is 2.62. The molecule has 26 heavy (non-hydrogen) atoms. The van der Waals surface area contributed by atoms with E-state index in [-0.39, 0.29) is 28.7 Å². The highest BCUT2D eigenvalue weighted by Crippen LogP contribution is 2.31. The lowest BCUT2D eigenvalue weighted by atomic mass is 10.2. The third-order valence-electron chi connectivity index (χ3n) is 4.18. The number of benzene rings is 2. The van der Waals surface area contributed by atoms with Gasteiger partial charge in [0.1, 0.15) is 10.7 Å². The molecule has 1 saturated heterocycles. The Morgan fingerprint density at radius 2 is 1.73 bits per heavy atom. The summed E-state index contributed by atoms with van der Waals surface area (Å²) in [6.07, 6.45) is 0. The monoisotopic (exact) mass is 399 g/mol. The predicted molar refractivity (Wildman–Crippen MR) is 95.5 cm³/mol. The van der Waals surface area contributed by atoms with Crippen molar-refractivity contribution >= 4 is 33.0 Å². The summed E-state index contributed by atoms with van der Waals surface area (Å²) >= 11 is 6.12.